The van der Waals surface area contributed by atoms with Crippen LogP contribution in [0.25, 0.3) is 0 Å². The molecule has 0 aromatic heterocycles. The van der Waals surface area contributed by atoms with Gasteiger partial charge in [0.2, 0.25) is 9.05 Å². The number of methoxy groups -OCH3 is 1. The van der Waals surface area contributed by atoms with Crippen LogP contribution in [0.3, 0.4) is 0 Å². The van der Waals surface area contributed by atoms with Crippen LogP contribution in [0.5, 0.6) is 5.75 Å². The summed E-state index contributed by atoms with van der Waals surface area (Å²) in [6.07, 6.45) is 0. The summed E-state index contributed by atoms with van der Waals surface area (Å²) < 4.78 is 40.5. The fourth-order valence-electron chi connectivity index (χ4n) is 1.60. The third kappa shape index (κ3) is 3.85. The van der Waals surface area contributed by atoms with Crippen LogP contribution in [0.15, 0.2) is 18.2 Å². The molecule has 0 saturated carbocycles. The molecule has 0 aliphatic carbocycles. The van der Waals surface area contributed by atoms with E-state index >= 15 is 0 Å². The lowest BCUT2D eigenvalue weighted by atomic mass is 9.87. The van der Waals surface area contributed by atoms with Crippen molar-refractivity contribution in [3.05, 3.63) is 29.6 Å². The van der Waals surface area contributed by atoms with Crippen molar-refractivity contribution in [2.24, 2.45) is 0 Å². The van der Waals surface area contributed by atoms with Crippen molar-refractivity contribution < 1.29 is 17.5 Å². The first-order chi connectivity index (χ1) is 7.65. The van der Waals surface area contributed by atoms with Crippen molar-refractivity contribution >= 4 is 19.7 Å². The van der Waals surface area contributed by atoms with E-state index in [1.807, 2.05) is 0 Å². The highest BCUT2D eigenvalue weighted by Gasteiger charge is 2.27. The molecule has 1 rings (SSSR count). The first-order valence-electron chi connectivity index (χ1n) is 4.92. The summed E-state index contributed by atoms with van der Waals surface area (Å²) in [5, 5.41) is 0. The number of benzene rings is 1. The highest BCUT2D eigenvalue weighted by molar-refractivity contribution is 8.13. The second-order valence-electron chi connectivity index (χ2n) is 4.42. The van der Waals surface area contributed by atoms with Gasteiger partial charge in [0.05, 0.1) is 12.9 Å². The van der Waals surface area contributed by atoms with Gasteiger partial charge in [0, 0.05) is 16.1 Å². The summed E-state index contributed by atoms with van der Waals surface area (Å²) in [5.41, 5.74) is -0.201. The van der Waals surface area contributed by atoms with Gasteiger partial charge in [-0.15, -0.1) is 0 Å². The molecular formula is C11H14ClFO3S. The van der Waals surface area contributed by atoms with Crippen molar-refractivity contribution in [1.82, 2.24) is 0 Å². The minimum absolute atomic E-state index is 0.123. The molecule has 0 bridgehead atoms. The van der Waals surface area contributed by atoms with Crippen molar-refractivity contribution in [3.8, 4) is 5.75 Å². The summed E-state index contributed by atoms with van der Waals surface area (Å²) in [4.78, 5) is 0. The van der Waals surface area contributed by atoms with Gasteiger partial charge in [-0.25, -0.2) is 12.8 Å². The minimum Gasteiger partial charge on any atom is -0.494 e. The second-order valence-corrected chi connectivity index (χ2v) is 7.19. The molecule has 17 heavy (non-hydrogen) atoms. The SMILES string of the molecule is COc1ccc(C(C)(C)CS(=O)(=O)Cl)cc1F. The van der Waals surface area contributed by atoms with Gasteiger partial charge in [0.1, 0.15) is 0 Å². The Morgan fingerprint density at radius 1 is 1.41 bits per heavy atom. The maximum atomic E-state index is 13.5. The molecule has 0 aliphatic rings. The molecule has 1 aromatic rings. The highest BCUT2D eigenvalue weighted by atomic mass is 35.7. The quantitative estimate of drug-likeness (QED) is 0.797. The lowest BCUT2D eigenvalue weighted by Crippen LogP contribution is -2.26. The van der Waals surface area contributed by atoms with E-state index in [1.54, 1.807) is 19.9 Å². The Morgan fingerprint density at radius 2 is 2.00 bits per heavy atom. The molecule has 1 aromatic carbocycles. The van der Waals surface area contributed by atoms with Gasteiger partial charge in [-0.2, -0.15) is 0 Å². The van der Waals surface area contributed by atoms with Gasteiger partial charge >= 0.3 is 0 Å². The number of halogens is 2. The topological polar surface area (TPSA) is 43.4 Å². The van der Waals surface area contributed by atoms with E-state index in [0.29, 0.717) is 5.56 Å². The van der Waals surface area contributed by atoms with Crippen molar-refractivity contribution in [2.45, 2.75) is 19.3 Å². The standard InChI is InChI=1S/C11H14ClFO3S/c1-11(2,7-17(12,14)15)8-4-5-10(16-3)9(13)6-8/h4-6H,7H2,1-3H3. The first kappa shape index (κ1) is 14.3. The van der Waals surface area contributed by atoms with Crippen LogP contribution in [-0.4, -0.2) is 21.3 Å². The van der Waals surface area contributed by atoms with Crippen LogP contribution in [0.2, 0.25) is 0 Å². The van der Waals surface area contributed by atoms with Crippen LogP contribution in [0, 0.1) is 5.82 Å². The average molecular weight is 281 g/mol. The molecule has 0 N–H and O–H groups in total. The fraction of sp³-hybridized carbons (Fsp3) is 0.455. The number of rotatable bonds is 4. The van der Waals surface area contributed by atoms with Gasteiger partial charge in [0.15, 0.2) is 11.6 Å². The third-order valence-electron chi connectivity index (χ3n) is 2.47. The Bertz CT molecular complexity index is 511. The number of hydrogen-bond acceptors (Lipinski definition) is 3. The molecule has 6 heteroatoms. The summed E-state index contributed by atoms with van der Waals surface area (Å²) in [6, 6.07) is 4.36. The normalized spacial score (nSPS) is 12.5. The zero-order valence-corrected chi connectivity index (χ0v) is 11.4. The molecule has 0 radical (unpaired) electrons. The van der Waals surface area contributed by atoms with E-state index in [2.05, 4.69) is 0 Å². The number of ether oxygens (including phenoxy) is 1. The fourth-order valence-corrected chi connectivity index (χ4v) is 3.45. The Kier molecular flexibility index (Phi) is 4.04. The predicted octanol–water partition coefficient (Wildman–Crippen LogP) is 2.68. The van der Waals surface area contributed by atoms with Gasteiger partial charge in [-0.1, -0.05) is 19.9 Å². The van der Waals surface area contributed by atoms with Crippen LogP contribution in [-0.2, 0) is 14.5 Å². The molecule has 0 saturated heterocycles. The molecule has 0 fully saturated rings. The first-order valence-corrected chi connectivity index (χ1v) is 7.40. The zero-order chi connectivity index (χ0) is 13.3. The Morgan fingerprint density at radius 3 is 2.41 bits per heavy atom. The highest BCUT2D eigenvalue weighted by Crippen LogP contribution is 2.29. The van der Waals surface area contributed by atoms with Crippen LogP contribution in [0.4, 0.5) is 4.39 Å². The molecule has 96 valence electrons. The average Bonchev–Trinajstić information content (AvgIpc) is 2.13. The summed E-state index contributed by atoms with van der Waals surface area (Å²) in [5.74, 6) is -0.656. The van der Waals surface area contributed by atoms with Crippen molar-refractivity contribution in [2.75, 3.05) is 12.9 Å². The summed E-state index contributed by atoms with van der Waals surface area (Å²) in [6.45, 7) is 3.38. The molecule has 0 unspecified atom stereocenters. The van der Waals surface area contributed by atoms with E-state index in [-0.39, 0.29) is 11.5 Å². The monoisotopic (exact) mass is 280 g/mol. The molecule has 0 heterocycles. The minimum atomic E-state index is -3.64. The Balaban J connectivity index is 3.11. The molecular weight excluding hydrogens is 267 g/mol. The molecule has 0 amide bonds. The van der Waals surface area contributed by atoms with Crippen LogP contribution in [0.1, 0.15) is 19.4 Å². The smallest absolute Gasteiger partial charge is 0.233 e. The van der Waals surface area contributed by atoms with Gasteiger partial charge < -0.3 is 4.74 Å². The molecule has 0 spiro atoms. The molecule has 0 aliphatic heterocycles. The largest absolute Gasteiger partial charge is 0.494 e. The van der Waals surface area contributed by atoms with E-state index in [4.69, 9.17) is 15.4 Å². The third-order valence-corrected chi connectivity index (χ3v) is 3.86. The maximum absolute atomic E-state index is 13.5. The zero-order valence-electron chi connectivity index (χ0n) is 9.83. The van der Waals surface area contributed by atoms with Crippen LogP contribution < -0.4 is 4.74 Å². The van der Waals surface area contributed by atoms with Crippen LogP contribution >= 0.6 is 10.7 Å². The van der Waals surface area contributed by atoms with Gasteiger partial charge in [-0.3, -0.25) is 0 Å². The van der Waals surface area contributed by atoms with Gasteiger partial charge in [-0.05, 0) is 17.7 Å². The Hall–Kier alpha value is -0.810. The Labute approximate surface area is 105 Å². The summed E-state index contributed by atoms with van der Waals surface area (Å²) in [7, 11) is 2.95. The lowest BCUT2D eigenvalue weighted by molar-refractivity contribution is 0.385. The van der Waals surface area contributed by atoms with Gasteiger partial charge in [0.25, 0.3) is 0 Å². The lowest BCUT2D eigenvalue weighted by Gasteiger charge is -2.23. The van der Waals surface area contributed by atoms with Crippen molar-refractivity contribution in [1.29, 1.82) is 0 Å². The predicted molar refractivity (Wildman–Crippen MR) is 65.6 cm³/mol. The van der Waals surface area contributed by atoms with E-state index in [0.717, 1.165) is 0 Å². The van der Waals surface area contributed by atoms with E-state index in [1.165, 1.54) is 19.2 Å². The molecule has 3 nitrogen and oxygen atoms in total. The van der Waals surface area contributed by atoms with Crippen molar-refractivity contribution in [3.63, 3.8) is 0 Å². The molecule has 0 atom stereocenters. The summed E-state index contributed by atoms with van der Waals surface area (Å²) >= 11 is 0. The maximum Gasteiger partial charge on any atom is 0.233 e. The van der Waals surface area contributed by atoms with E-state index < -0.39 is 20.3 Å². The second kappa shape index (κ2) is 4.82. The van der Waals surface area contributed by atoms with E-state index in [9.17, 15) is 12.8 Å². The number of hydrogen-bond donors (Lipinski definition) is 0.